The number of H-pyrrole nitrogens is 1. The molecule has 5 nitrogen and oxygen atoms in total. The number of anilines is 1. The van der Waals surface area contributed by atoms with Crippen LogP contribution in [-0.2, 0) is 6.42 Å². The Morgan fingerprint density at radius 1 is 1.04 bits per heavy atom. The maximum absolute atomic E-state index is 12.3. The first-order chi connectivity index (χ1) is 13.3. The maximum Gasteiger partial charge on any atom is 0.255 e. The molecule has 130 valence electrons. The monoisotopic (exact) mass is 352 g/mol. The lowest BCUT2D eigenvalue weighted by Crippen LogP contribution is -2.11. The highest BCUT2D eigenvalue weighted by Crippen LogP contribution is 2.15. The molecule has 1 amide bonds. The van der Waals surface area contributed by atoms with Gasteiger partial charge in [-0.1, -0.05) is 36.1 Å². The van der Waals surface area contributed by atoms with E-state index in [9.17, 15) is 4.79 Å². The van der Waals surface area contributed by atoms with Crippen LogP contribution in [0.1, 0.15) is 21.5 Å². The van der Waals surface area contributed by atoms with Crippen LogP contribution in [0, 0.1) is 11.8 Å². The minimum absolute atomic E-state index is 0.140. The van der Waals surface area contributed by atoms with Gasteiger partial charge in [-0.05, 0) is 35.9 Å². The van der Waals surface area contributed by atoms with E-state index in [1.54, 1.807) is 24.5 Å². The van der Waals surface area contributed by atoms with E-state index in [4.69, 9.17) is 0 Å². The normalized spacial score (nSPS) is 10.2. The van der Waals surface area contributed by atoms with Crippen LogP contribution in [0.2, 0.25) is 0 Å². The van der Waals surface area contributed by atoms with Crippen molar-refractivity contribution in [3.05, 3.63) is 89.9 Å². The molecular formula is C22H16N4O. The van der Waals surface area contributed by atoms with Crippen molar-refractivity contribution in [2.45, 2.75) is 6.42 Å². The fourth-order valence-electron chi connectivity index (χ4n) is 2.77. The zero-order chi connectivity index (χ0) is 18.5. The Hall–Kier alpha value is -3.91. The van der Waals surface area contributed by atoms with Crippen molar-refractivity contribution < 1.29 is 4.79 Å². The number of hydrogen-bond acceptors (Lipinski definition) is 3. The summed E-state index contributed by atoms with van der Waals surface area (Å²) in [5.41, 5.74) is 4.11. The number of pyridine rings is 1. The average molecular weight is 352 g/mol. The molecule has 0 radical (unpaired) electrons. The summed E-state index contributed by atoms with van der Waals surface area (Å²) in [6.07, 6.45) is 5.92. The van der Waals surface area contributed by atoms with E-state index < -0.39 is 0 Å². The maximum atomic E-state index is 12.3. The molecule has 2 aromatic heterocycles. The molecule has 0 aliphatic heterocycles. The first-order valence-electron chi connectivity index (χ1n) is 8.51. The summed E-state index contributed by atoms with van der Waals surface area (Å²) in [5, 5.41) is 10.9. The van der Waals surface area contributed by atoms with Gasteiger partial charge >= 0.3 is 0 Å². The molecule has 0 atom stereocenters. The standard InChI is InChI=1S/C22H16N4O/c27-22(17-8-2-1-3-9-17)25-19-11-5-7-16(12-19)6-4-10-18-13-23-15-21-20(18)14-24-26-21/h1-3,5,7-9,11-15H,10H2,(H,24,26)(H,25,27). The third kappa shape index (κ3) is 3.86. The molecule has 0 spiro atoms. The van der Waals surface area contributed by atoms with Crippen molar-refractivity contribution in [2.24, 2.45) is 0 Å². The third-order valence-corrected chi connectivity index (χ3v) is 4.12. The van der Waals surface area contributed by atoms with Crippen molar-refractivity contribution >= 4 is 22.5 Å². The van der Waals surface area contributed by atoms with Crippen LogP contribution in [0.25, 0.3) is 10.9 Å². The summed E-state index contributed by atoms with van der Waals surface area (Å²) >= 11 is 0. The number of benzene rings is 2. The number of nitrogens with zero attached hydrogens (tertiary/aromatic N) is 2. The molecule has 4 rings (SSSR count). The summed E-state index contributed by atoms with van der Waals surface area (Å²) in [7, 11) is 0. The predicted molar refractivity (Wildman–Crippen MR) is 105 cm³/mol. The number of aromatic amines is 1. The first kappa shape index (κ1) is 16.6. The van der Waals surface area contributed by atoms with Crippen LogP contribution in [-0.4, -0.2) is 21.1 Å². The van der Waals surface area contributed by atoms with E-state index in [2.05, 4.69) is 32.3 Å². The number of aromatic nitrogens is 3. The van der Waals surface area contributed by atoms with Gasteiger partial charge in [0.1, 0.15) is 0 Å². The van der Waals surface area contributed by atoms with Crippen molar-refractivity contribution in [1.82, 2.24) is 15.2 Å². The Kier molecular flexibility index (Phi) is 4.62. The van der Waals surface area contributed by atoms with Crippen molar-refractivity contribution in [1.29, 1.82) is 0 Å². The topological polar surface area (TPSA) is 70.7 Å². The Bertz CT molecular complexity index is 1150. The molecule has 0 fully saturated rings. The second-order valence-corrected chi connectivity index (χ2v) is 6.01. The Balaban J connectivity index is 1.48. The zero-order valence-electron chi connectivity index (χ0n) is 14.4. The lowest BCUT2D eigenvalue weighted by Gasteiger charge is -2.05. The molecule has 27 heavy (non-hydrogen) atoms. The Labute approximate surface area is 156 Å². The van der Waals surface area contributed by atoms with Crippen LogP contribution >= 0.6 is 0 Å². The van der Waals surface area contributed by atoms with E-state index in [0.717, 1.165) is 22.0 Å². The average Bonchev–Trinajstić information content (AvgIpc) is 3.19. The molecule has 0 bridgehead atoms. The van der Waals surface area contributed by atoms with Crippen molar-refractivity contribution in [3.8, 4) is 11.8 Å². The van der Waals surface area contributed by atoms with Gasteiger partial charge in [-0.2, -0.15) is 5.10 Å². The largest absolute Gasteiger partial charge is 0.322 e. The van der Waals surface area contributed by atoms with Crippen LogP contribution in [0.4, 0.5) is 5.69 Å². The molecule has 2 N–H and O–H groups in total. The van der Waals surface area contributed by atoms with Gasteiger partial charge in [-0.15, -0.1) is 0 Å². The summed E-state index contributed by atoms with van der Waals surface area (Å²) in [5.74, 6) is 6.17. The number of nitrogens with one attached hydrogen (secondary N) is 2. The number of hydrogen-bond donors (Lipinski definition) is 2. The molecule has 0 saturated carbocycles. The lowest BCUT2D eigenvalue weighted by molar-refractivity contribution is 0.102. The van der Waals surface area contributed by atoms with Gasteiger partial charge < -0.3 is 5.32 Å². The quantitative estimate of drug-likeness (QED) is 0.551. The Morgan fingerprint density at radius 3 is 2.81 bits per heavy atom. The summed E-state index contributed by atoms with van der Waals surface area (Å²) in [6.45, 7) is 0. The fourth-order valence-corrected chi connectivity index (χ4v) is 2.77. The van der Waals surface area contributed by atoms with E-state index in [1.165, 1.54) is 0 Å². The first-order valence-corrected chi connectivity index (χ1v) is 8.51. The number of fused-ring (bicyclic) bond motifs is 1. The molecule has 0 aliphatic carbocycles. The van der Waals surface area contributed by atoms with Crippen LogP contribution in [0.3, 0.4) is 0 Å². The van der Waals surface area contributed by atoms with Gasteiger partial charge in [0, 0.05) is 34.8 Å². The van der Waals surface area contributed by atoms with E-state index in [-0.39, 0.29) is 5.91 Å². The highest BCUT2D eigenvalue weighted by Gasteiger charge is 2.05. The van der Waals surface area contributed by atoms with Gasteiger partial charge in [0.05, 0.1) is 17.9 Å². The molecule has 5 heteroatoms. The molecule has 4 aromatic rings. The van der Waals surface area contributed by atoms with Crippen molar-refractivity contribution in [3.63, 3.8) is 0 Å². The summed E-state index contributed by atoms with van der Waals surface area (Å²) < 4.78 is 0. The number of carbonyl (C=O) groups is 1. The highest BCUT2D eigenvalue weighted by molar-refractivity contribution is 6.04. The third-order valence-electron chi connectivity index (χ3n) is 4.12. The van der Waals surface area contributed by atoms with Gasteiger partial charge in [-0.3, -0.25) is 14.9 Å². The van der Waals surface area contributed by atoms with Gasteiger partial charge in [-0.25, -0.2) is 0 Å². The zero-order valence-corrected chi connectivity index (χ0v) is 14.4. The minimum atomic E-state index is -0.140. The van der Waals surface area contributed by atoms with Gasteiger partial charge in [0.15, 0.2) is 0 Å². The van der Waals surface area contributed by atoms with Gasteiger partial charge in [0.2, 0.25) is 0 Å². The van der Waals surface area contributed by atoms with Crippen LogP contribution < -0.4 is 5.32 Å². The molecule has 0 saturated heterocycles. The smallest absolute Gasteiger partial charge is 0.255 e. The predicted octanol–water partition coefficient (Wildman–Crippen LogP) is 3.80. The molecule has 0 aliphatic rings. The van der Waals surface area contributed by atoms with Crippen molar-refractivity contribution in [2.75, 3.05) is 5.32 Å². The fraction of sp³-hybridized carbons (Fsp3) is 0.0455. The molecule has 2 heterocycles. The minimum Gasteiger partial charge on any atom is -0.322 e. The highest BCUT2D eigenvalue weighted by atomic mass is 16.1. The number of amides is 1. The van der Waals surface area contributed by atoms with Crippen LogP contribution in [0.5, 0.6) is 0 Å². The second kappa shape index (κ2) is 7.54. The molecule has 0 unspecified atom stereocenters. The number of carbonyl (C=O) groups excluding carboxylic acids is 1. The second-order valence-electron chi connectivity index (χ2n) is 6.01. The number of rotatable bonds is 3. The van der Waals surface area contributed by atoms with E-state index in [1.807, 2.05) is 48.7 Å². The van der Waals surface area contributed by atoms with Crippen LogP contribution in [0.15, 0.2) is 73.2 Å². The summed E-state index contributed by atoms with van der Waals surface area (Å²) in [6, 6.07) is 16.6. The lowest BCUT2D eigenvalue weighted by atomic mass is 10.1. The summed E-state index contributed by atoms with van der Waals surface area (Å²) in [4.78, 5) is 16.5. The van der Waals surface area contributed by atoms with E-state index >= 15 is 0 Å². The van der Waals surface area contributed by atoms with E-state index in [0.29, 0.717) is 17.7 Å². The molecule has 2 aromatic carbocycles. The SMILES string of the molecule is O=C(Nc1cccc(C#CCc2cncc3[nH]ncc23)c1)c1ccccc1. The van der Waals surface area contributed by atoms with Gasteiger partial charge in [0.25, 0.3) is 5.91 Å². The molecular weight excluding hydrogens is 336 g/mol. The Morgan fingerprint density at radius 2 is 1.93 bits per heavy atom.